The minimum absolute atomic E-state index is 0.114. The molecule has 0 radical (unpaired) electrons. The smallest absolute Gasteiger partial charge is 0.335 e. The van der Waals surface area contributed by atoms with E-state index in [-0.39, 0.29) is 47.0 Å². The maximum absolute atomic E-state index is 12.6. The molecule has 0 spiro atoms. The molecule has 0 aromatic rings. The Hall–Kier alpha value is -1.96. The number of allylic oxidation sites excluding steroid dienone is 2. The van der Waals surface area contributed by atoms with E-state index in [1.165, 1.54) is 12.5 Å². The van der Waals surface area contributed by atoms with Gasteiger partial charge in [0.15, 0.2) is 25.0 Å². The van der Waals surface area contributed by atoms with Gasteiger partial charge in [0.05, 0.1) is 36.9 Å². The Morgan fingerprint density at radius 2 is 1.29 bits per heavy atom. The van der Waals surface area contributed by atoms with Crippen molar-refractivity contribution in [3.05, 3.63) is 11.6 Å². The molecule has 3 saturated heterocycles. The van der Waals surface area contributed by atoms with Gasteiger partial charge in [0, 0.05) is 10.8 Å². The summed E-state index contributed by atoms with van der Waals surface area (Å²) in [6, 6.07) is 0. The predicted octanol–water partition coefficient (Wildman–Crippen LogP) is -0.231. The van der Waals surface area contributed by atoms with Crippen molar-refractivity contribution in [3.63, 3.8) is 0 Å². The van der Waals surface area contributed by atoms with Crippen LogP contribution in [0.4, 0.5) is 0 Å². The molecule has 3 aliphatic heterocycles. The summed E-state index contributed by atoms with van der Waals surface area (Å²) in [5, 5.41) is 130. The summed E-state index contributed by atoms with van der Waals surface area (Å²) in [5.41, 5.74) is -2.20. The molecule has 68 heavy (non-hydrogen) atoms. The molecule has 8 aliphatic rings. The molecule has 0 aromatic carbocycles. The van der Waals surface area contributed by atoms with Crippen LogP contribution in [0.3, 0.4) is 0 Å². The third kappa shape index (κ3) is 7.85. The van der Waals surface area contributed by atoms with Gasteiger partial charge in [0.2, 0.25) is 0 Å². The molecule has 5 aliphatic carbocycles. The first-order valence-corrected chi connectivity index (χ1v) is 24.4. The van der Waals surface area contributed by atoms with Crippen molar-refractivity contribution in [1.82, 2.24) is 0 Å². The Bertz CT molecular complexity index is 1920. The van der Waals surface area contributed by atoms with E-state index in [0.29, 0.717) is 32.1 Å². The molecule has 26 unspecified atom stereocenters. The lowest BCUT2D eigenvalue weighted by Crippen LogP contribution is -2.68. The highest BCUT2D eigenvalue weighted by atomic mass is 16.8. The van der Waals surface area contributed by atoms with Crippen molar-refractivity contribution in [2.75, 3.05) is 13.2 Å². The van der Waals surface area contributed by atoms with Crippen LogP contribution in [0.15, 0.2) is 11.6 Å². The highest BCUT2D eigenvalue weighted by molar-refractivity contribution is 5.74. The molecule has 12 N–H and O–H groups in total. The van der Waals surface area contributed by atoms with Gasteiger partial charge in [-0.2, -0.15) is 0 Å². The topological polar surface area (TPSA) is 332 Å². The average Bonchev–Trinajstić information content (AvgIpc) is 3.28. The Morgan fingerprint density at radius 3 is 1.91 bits per heavy atom. The number of aliphatic hydroxyl groups excluding tert-OH is 10. The molecule has 0 amide bonds. The van der Waals surface area contributed by atoms with Crippen LogP contribution in [0.1, 0.15) is 106 Å². The van der Waals surface area contributed by atoms with Gasteiger partial charge in [0.25, 0.3) is 0 Å². The third-order valence-electron chi connectivity index (χ3n) is 19.8. The minimum atomic E-state index is -2.10. The van der Waals surface area contributed by atoms with Crippen molar-refractivity contribution in [1.29, 1.82) is 0 Å². The number of hydrogen-bond donors (Lipinski definition) is 12. The van der Waals surface area contributed by atoms with Crippen molar-refractivity contribution >= 4 is 11.9 Å². The predicted molar refractivity (Wildman–Crippen MR) is 233 cm³/mol. The standard InChI is InChI=1S/C48H76O20/c1-20-28(52)30(54)34(58)39(63-20)67-36-31(55)29(53)23(18-49)64-40(36)68-37-33(57)32(56)35(38(59)60)66-41(37)65-27-11-12-45(4)24(46(27,5)19-50)10-13-48(7)25(45)9-8-21-22-16-43(2,42(61)62)17-26(51)44(22,3)14-15-47(21,48)6/h8,20,22-37,39-41,49-58H,9-19H2,1-7H3,(H,59,60)(H,61,62). The number of carboxylic acids is 2. The molecule has 7 fully saturated rings. The van der Waals surface area contributed by atoms with E-state index in [1.54, 1.807) is 6.92 Å². The molecule has 4 saturated carbocycles. The van der Waals surface area contributed by atoms with Crippen LogP contribution in [0.25, 0.3) is 0 Å². The van der Waals surface area contributed by atoms with Gasteiger partial charge >= 0.3 is 11.9 Å². The first kappa shape index (κ1) is 52.4. The average molecular weight is 973 g/mol. The van der Waals surface area contributed by atoms with Gasteiger partial charge in [-0.1, -0.05) is 46.3 Å². The van der Waals surface area contributed by atoms with Gasteiger partial charge in [0.1, 0.15) is 61.0 Å². The van der Waals surface area contributed by atoms with E-state index < -0.39 is 139 Å². The number of rotatable bonds is 10. The van der Waals surface area contributed by atoms with Crippen LogP contribution >= 0.6 is 0 Å². The van der Waals surface area contributed by atoms with E-state index in [4.69, 9.17) is 28.4 Å². The van der Waals surface area contributed by atoms with Crippen LogP contribution in [-0.4, -0.2) is 191 Å². The maximum Gasteiger partial charge on any atom is 0.335 e. The number of ether oxygens (including phenoxy) is 6. The zero-order valence-corrected chi connectivity index (χ0v) is 40.0. The molecule has 0 bridgehead atoms. The molecule has 0 aromatic heterocycles. The van der Waals surface area contributed by atoms with Crippen LogP contribution in [0.2, 0.25) is 0 Å². The number of aliphatic carboxylic acids is 2. The molecular weight excluding hydrogens is 897 g/mol. The summed E-state index contributed by atoms with van der Waals surface area (Å²) < 4.78 is 36.1. The molecule has 388 valence electrons. The summed E-state index contributed by atoms with van der Waals surface area (Å²) in [4.78, 5) is 25.1. The SMILES string of the molecule is CC1OC(OC2C(OC3C(OC4CCC5(C)C(CCC6(C)C5CC=C5C7CC(C)(C(=O)O)CC(O)C7(C)CCC56C)C4(C)CO)OC(C(=O)O)C(O)C3O)OC(CO)C(O)C2O)C(O)C(O)C1O. The van der Waals surface area contributed by atoms with Gasteiger partial charge in [-0.25, -0.2) is 4.79 Å². The van der Waals surface area contributed by atoms with Crippen molar-refractivity contribution in [2.45, 2.75) is 211 Å². The first-order valence-electron chi connectivity index (χ1n) is 24.4. The van der Waals surface area contributed by atoms with E-state index in [0.717, 1.165) is 19.3 Å². The molecule has 20 heteroatoms. The Morgan fingerprint density at radius 1 is 0.662 bits per heavy atom. The lowest BCUT2D eigenvalue weighted by molar-refractivity contribution is -0.396. The Labute approximate surface area is 396 Å². The minimum Gasteiger partial charge on any atom is -0.481 e. The fourth-order valence-corrected chi connectivity index (χ4v) is 15.1. The fourth-order valence-electron chi connectivity index (χ4n) is 15.1. The zero-order chi connectivity index (χ0) is 50.0. The molecule has 8 rings (SSSR count). The number of fused-ring (bicyclic) bond motifs is 7. The summed E-state index contributed by atoms with van der Waals surface area (Å²) in [6.45, 7) is 12.9. The van der Waals surface area contributed by atoms with E-state index >= 15 is 0 Å². The van der Waals surface area contributed by atoms with Gasteiger partial charge < -0.3 is 89.7 Å². The monoisotopic (exact) mass is 972 g/mol. The molecule has 20 nitrogen and oxygen atoms in total. The summed E-state index contributed by atoms with van der Waals surface area (Å²) in [5.74, 6) is -2.68. The van der Waals surface area contributed by atoms with E-state index in [2.05, 4.69) is 33.8 Å². The second-order valence-electron chi connectivity index (χ2n) is 23.3. The van der Waals surface area contributed by atoms with Crippen molar-refractivity contribution in [2.24, 2.45) is 50.2 Å². The first-order chi connectivity index (χ1) is 31.7. The second-order valence-corrected chi connectivity index (χ2v) is 23.3. The van der Waals surface area contributed by atoms with E-state index in [9.17, 15) is 70.9 Å². The molecule has 26 atom stereocenters. The lowest BCUT2D eigenvalue weighted by Gasteiger charge is -2.71. The quantitative estimate of drug-likeness (QED) is 0.0994. The van der Waals surface area contributed by atoms with Crippen molar-refractivity contribution in [3.8, 4) is 0 Å². The summed E-state index contributed by atoms with van der Waals surface area (Å²) in [7, 11) is 0. The number of hydrogen-bond acceptors (Lipinski definition) is 18. The van der Waals surface area contributed by atoms with Crippen LogP contribution in [0, 0.1) is 50.2 Å². The number of carbonyl (C=O) groups is 2. The van der Waals surface area contributed by atoms with Gasteiger partial charge in [-0.05, 0) is 106 Å². The fraction of sp³-hybridized carbons (Fsp3) is 0.917. The zero-order valence-electron chi connectivity index (χ0n) is 40.0. The second kappa shape index (κ2) is 18.2. The largest absolute Gasteiger partial charge is 0.481 e. The van der Waals surface area contributed by atoms with Gasteiger partial charge in [-0.15, -0.1) is 0 Å². The highest BCUT2D eigenvalue weighted by Crippen LogP contribution is 2.76. The Kier molecular flexibility index (Phi) is 14.0. The van der Waals surface area contributed by atoms with Crippen LogP contribution < -0.4 is 0 Å². The van der Waals surface area contributed by atoms with Gasteiger partial charge in [-0.3, -0.25) is 4.79 Å². The summed E-state index contributed by atoms with van der Waals surface area (Å²) in [6.07, 6.45) is -20.6. The van der Waals surface area contributed by atoms with E-state index in [1.807, 2.05) is 6.92 Å². The third-order valence-corrected chi connectivity index (χ3v) is 19.8. The molecular formula is C48H76O20. The van der Waals surface area contributed by atoms with Crippen molar-refractivity contribution < 1.29 is 99.3 Å². The number of aliphatic hydroxyl groups is 10. The summed E-state index contributed by atoms with van der Waals surface area (Å²) >= 11 is 0. The normalized spacial score (nSPS) is 56.0. The number of carboxylic acid groups (broad SMARTS) is 2. The van der Waals surface area contributed by atoms with Crippen LogP contribution in [-0.2, 0) is 38.0 Å². The lowest BCUT2D eigenvalue weighted by atomic mass is 9.33. The molecule has 3 heterocycles. The Balaban J connectivity index is 1.08. The maximum atomic E-state index is 12.6. The highest BCUT2D eigenvalue weighted by Gasteiger charge is 2.70. The van der Waals surface area contributed by atoms with Crippen LogP contribution in [0.5, 0.6) is 0 Å².